The molecule has 112 valence electrons. The number of nitrogens with one attached hydrogen (secondary N) is 1. The van der Waals surface area contributed by atoms with Crippen LogP contribution in [-0.4, -0.2) is 36.6 Å². The number of hydrogen-bond acceptors (Lipinski definition) is 2. The number of hydrogen-bond donors (Lipinski definition) is 1. The molecule has 0 spiro atoms. The van der Waals surface area contributed by atoms with Crippen LogP contribution in [0, 0.1) is 11.3 Å². The molecule has 0 radical (unpaired) electrons. The van der Waals surface area contributed by atoms with Gasteiger partial charge in [-0.05, 0) is 71.8 Å². The molecule has 0 aromatic rings. The highest BCUT2D eigenvalue weighted by Crippen LogP contribution is 2.41. The van der Waals surface area contributed by atoms with Gasteiger partial charge in [0.2, 0.25) is 0 Å². The summed E-state index contributed by atoms with van der Waals surface area (Å²) >= 11 is 0. The van der Waals surface area contributed by atoms with Crippen molar-refractivity contribution in [1.29, 1.82) is 0 Å². The zero-order valence-corrected chi connectivity index (χ0v) is 13.8. The van der Waals surface area contributed by atoms with E-state index in [1.165, 1.54) is 51.6 Å². The van der Waals surface area contributed by atoms with Crippen molar-refractivity contribution in [2.24, 2.45) is 11.3 Å². The molecular weight excluding hydrogens is 232 g/mol. The Labute approximate surface area is 120 Å². The van der Waals surface area contributed by atoms with Gasteiger partial charge in [0, 0.05) is 24.7 Å². The molecule has 0 aliphatic heterocycles. The van der Waals surface area contributed by atoms with Crippen molar-refractivity contribution >= 4 is 0 Å². The monoisotopic (exact) mass is 266 g/mol. The molecule has 0 aromatic carbocycles. The molecule has 2 rings (SSSR count). The van der Waals surface area contributed by atoms with Crippen molar-refractivity contribution in [3.63, 3.8) is 0 Å². The first kappa shape index (κ1) is 15.3. The Morgan fingerprint density at radius 2 is 1.79 bits per heavy atom. The number of rotatable bonds is 6. The summed E-state index contributed by atoms with van der Waals surface area (Å²) in [4.78, 5) is 2.65. The molecule has 2 aliphatic carbocycles. The Bertz CT molecular complexity index is 282. The molecule has 2 heteroatoms. The lowest BCUT2D eigenvalue weighted by atomic mass is 9.84. The second kappa shape index (κ2) is 5.73. The van der Waals surface area contributed by atoms with Gasteiger partial charge in [0.05, 0.1) is 0 Å². The van der Waals surface area contributed by atoms with E-state index in [0.29, 0.717) is 5.41 Å². The summed E-state index contributed by atoms with van der Waals surface area (Å²) in [5.74, 6) is 0.985. The highest BCUT2D eigenvalue weighted by Gasteiger charge is 2.38. The van der Waals surface area contributed by atoms with E-state index < -0.39 is 0 Å². The second-order valence-corrected chi connectivity index (χ2v) is 8.30. The van der Waals surface area contributed by atoms with Crippen LogP contribution in [0.3, 0.4) is 0 Å². The quantitative estimate of drug-likeness (QED) is 0.789. The Hall–Kier alpha value is -0.0800. The van der Waals surface area contributed by atoms with E-state index in [1.807, 2.05) is 0 Å². The predicted octanol–water partition coefficient (Wildman–Crippen LogP) is 3.67. The molecule has 2 saturated carbocycles. The molecule has 0 amide bonds. The Kier molecular flexibility index (Phi) is 4.62. The standard InChI is InChI=1S/C17H34N2/c1-14(15-8-9-15)19(5)13-17(10-6-7-11-17)12-18-16(2,3)4/h14-15,18H,6-13H2,1-5H3. The predicted molar refractivity (Wildman–Crippen MR) is 83.5 cm³/mol. The minimum absolute atomic E-state index is 0.246. The van der Waals surface area contributed by atoms with Gasteiger partial charge in [-0.2, -0.15) is 0 Å². The molecule has 0 bridgehead atoms. The summed E-state index contributed by atoms with van der Waals surface area (Å²) in [7, 11) is 2.35. The van der Waals surface area contributed by atoms with E-state index in [0.717, 1.165) is 12.0 Å². The van der Waals surface area contributed by atoms with Crippen LogP contribution in [0.15, 0.2) is 0 Å². The summed E-state index contributed by atoms with van der Waals surface area (Å²) in [6.45, 7) is 11.8. The molecule has 1 N–H and O–H groups in total. The van der Waals surface area contributed by atoms with Gasteiger partial charge >= 0.3 is 0 Å². The van der Waals surface area contributed by atoms with Crippen LogP contribution in [-0.2, 0) is 0 Å². The van der Waals surface area contributed by atoms with Crippen molar-refractivity contribution in [3.05, 3.63) is 0 Å². The summed E-state index contributed by atoms with van der Waals surface area (Å²) in [6.07, 6.45) is 8.60. The van der Waals surface area contributed by atoms with Gasteiger partial charge in [-0.25, -0.2) is 0 Å². The molecule has 0 aromatic heterocycles. The fraction of sp³-hybridized carbons (Fsp3) is 1.00. The highest BCUT2D eigenvalue weighted by molar-refractivity contribution is 4.93. The van der Waals surface area contributed by atoms with Crippen molar-refractivity contribution in [3.8, 4) is 0 Å². The Morgan fingerprint density at radius 1 is 1.21 bits per heavy atom. The Balaban J connectivity index is 1.90. The van der Waals surface area contributed by atoms with Crippen molar-refractivity contribution in [2.75, 3.05) is 20.1 Å². The average Bonchev–Trinajstić information content (AvgIpc) is 3.07. The van der Waals surface area contributed by atoms with Crippen molar-refractivity contribution < 1.29 is 0 Å². The molecule has 19 heavy (non-hydrogen) atoms. The molecule has 2 nitrogen and oxygen atoms in total. The molecule has 2 fully saturated rings. The summed E-state index contributed by atoms with van der Waals surface area (Å²) in [5, 5.41) is 3.77. The fourth-order valence-electron chi connectivity index (χ4n) is 3.58. The molecule has 1 atom stereocenters. The average molecular weight is 266 g/mol. The minimum atomic E-state index is 0.246. The van der Waals surface area contributed by atoms with Crippen molar-refractivity contribution in [1.82, 2.24) is 10.2 Å². The van der Waals surface area contributed by atoms with E-state index in [2.05, 4.69) is 45.0 Å². The molecule has 1 unspecified atom stereocenters. The van der Waals surface area contributed by atoms with Gasteiger partial charge in [0.25, 0.3) is 0 Å². The third-order valence-corrected chi connectivity index (χ3v) is 5.24. The van der Waals surface area contributed by atoms with Crippen LogP contribution in [0.5, 0.6) is 0 Å². The SMILES string of the molecule is CC(C1CC1)N(C)CC1(CNC(C)(C)C)CCCC1. The van der Waals surface area contributed by atoms with Gasteiger partial charge < -0.3 is 10.2 Å². The minimum Gasteiger partial charge on any atom is -0.311 e. The zero-order chi connectivity index (χ0) is 14.1. The van der Waals surface area contributed by atoms with Crippen LogP contribution in [0.4, 0.5) is 0 Å². The van der Waals surface area contributed by atoms with E-state index in [9.17, 15) is 0 Å². The van der Waals surface area contributed by atoms with E-state index >= 15 is 0 Å². The second-order valence-electron chi connectivity index (χ2n) is 8.30. The zero-order valence-electron chi connectivity index (χ0n) is 13.8. The maximum atomic E-state index is 3.77. The normalized spacial score (nSPS) is 24.9. The highest BCUT2D eigenvalue weighted by atomic mass is 15.1. The van der Waals surface area contributed by atoms with Crippen LogP contribution < -0.4 is 5.32 Å². The van der Waals surface area contributed by atoms with E-state index in [-0.39, 0.29) is 5.54 Å². The van der Waals surface area contributed by atoms with Gasteiger partial charge in [0.15, 0.2) is 0 Å². The maximum Gasteiger partial charge on any atom is 0.00967 e. The van der Waals surface area contributed by atoms with E-state index in [1.54, 1.807) is 0 Å². The van der Waals surface area contributed by atoms with Gasteiger partial charge in [0.1, 0.15) is 0 Å². The fourth-order valence-corrected chi connectivity index (χ4v) is 3.58. The van der Waals surface area contributed by atoms with Gasteiger partial charge in [-0.15, -0.1) is 0 Å². The first-order valence-corrected chi connectivity index (χ1v) is 8.27. The number of nitrogens with zero attached hydrogens (tertiary/aromatic N) is 1. The van der Waals surface area contributed by atoms with E-state index in [4.69, 9.17) is 0 Å². The van der Waals surface area contributed by atoms with Gasteiger partial charge in [-0.3, -0.25) is 0 Å². The largest absolute Gasteiger partial charge is 0.311 e. The summed E-state index contributed by atoms with van der Waals surface area (Å²) in [5.41, 5.74) is 0.779. The third kappa shape index (κ3) is 4.46. The topological polar surface area (TPSA) is 15.3 Å². The van der Waals surface area contributed by atoms with Crippen LogP contribution in [0.25, 0.3) is 0 Å². The lowest BCUT2D eigenvalue weighted by Gasteiger charge is -2.38. The van der Waals surface area contributed by atoms with Crippen LogP contribution in [0.1, 0.15) is 66.2 Å². The third-order valence-electron chi connectivity index (χ3n) is 5.24. The van der Waals surface area contributed by atoms with Crippen LogP contribution >= 0.6 is 0 Å². The molecule has 0 saturated heterocycles. The smallest absolute Gasteiger partial charge is 0.00967 e. The van der Waals surface area contributed by atoms with Crippen LogP contribution in [0.2, 0.25) is 0 Å². The molecule has 2 aliphatic rings. The lowest BCUT2D eigenvalue weighted by molar-refractivity contribution is 0.124. The Morgan fingerprint density at radius 3 is 2.26 bits per heavy atom. The van der Waals surface area contributed by atoms with Gasteiger partial charge in [-0.1, -0.05) is 12.8 Å². The summed E-state index contributed by atoms with van der Waals surface area (Å²) < 4.78 is 0. The molecular formula is C17H34N2. The molecule has 0 heterocycles. The summed E-state index contributed by atoms with van der Waals surface area (Å²) in [6, 6.07) is 0.784. The maximum absolute atomic E-state index is 3.77. The lowest BCUT2D eigenvalue weighted by Crippen LogP contribution is -2.48. The first-order chi connectivity index (χ1) is 8.81. The van der Waals surface area contributed by atoms with Crippen molar-refractivity contribution in [2.45, 2.75) is 77.8 Å². The first-order valence-electron chi connectivity index (χ1n) is 8.27.